The summed E-state index contributed by atoms with van der Waals surface area (Å²) in [5.74, 6) is -0.469. The molecule has 3 rings (SSSR count). The fraction of sp³-hybridized carbons (Fsp3) is 0.389. The minimum atomic E-state index is -1.07. The molecule has 0 saturated carbocycles. The van der Waals surface area contributed by atoms with Gasteiger partial charge in [0.1, 0.15) is 5.82 Å². The third-order valence-corrected chi connectivity index (χ3v) is 4.29. The Balaban J connectivity index is 1.46. The number of aromatic nitrogens is 2. The van der Waals surface area contributed by atoms with Gasteiger partial charge in [0.05, 0.1) is 12.4 Å². The molecule has 0 amide bonds. The lowest BCUT2D eigenvalue weighted by atomic mass is 10.2. The van der Waals surface area contributed by atoms with Crippen LogP contribution in [-0.4, -0.2) is 64.7 Å². The van der Waals surface area contributed by atoms with Gasteiger partial charge in [-0.05, 0) is 19.1 Å². The van der Waals surface area contributed by atoms with Gasteiger partial charge < -0.3 is 15.3 Å². The Kier molecular flexibility index (Phi) is 5.45. The monoisotopic (exact) mass is 341 g/mol. The van der Waals surface area contributed by atoms with E-state index in [-0.39, 0.29) is 11.7 Å². The maximum Gasteiger partial charge on any atom is 0.356 e. The van der Waals surface area contributed by atoms with E-state index < -0.39 is 5.97 Å². The highest BCUT2D eigenvalue weighted by Gasteiger charge is 2.19. The predicted octanol–water partition coefficient (Wildman–Crippen LogP) is 1.80. The number of nitrogens with zero attached hydrogens (tertiary/aromatic N) is 4. The van der Waals surface area contributed by atoms with Crippen LogP contribution in [0.2, 0.25) is 0 Å². The summed E-state index contributed by atoms with van der Waals surface area (Å²) in [7, 11) is 0. The first-order valence-corrected chi connectivity index (χ1v) is 8.46. The number of piperazine rings is 1. The molecule has 2 aromatic rings. The standard InChI is InChI=1S/C18H23N5O2/c1-14(21-17-12-19-16(11-20-17)18(24)25)13-22-7-9-23(10-8-22)15-5-3-2-4-6-15/h2-6,11-12,14H,7-10,13H2,1H3,(H,20,21)(H,24,25). The molecule has 1 fully saturated rings. The van der Waals surface area contributed by atoms with E-state index in [0.717, 1.165) is 32.7 Å². The molecule has 0 aliphatic carbocycles. The summed E-state index contributed by atoms with van der Waals surface area (Å²) < 4.78 is 0. The van der Waals surface area contributed by atoms with Crippen LogP contribution in [0.5, 0.6) is 0 Å². The molecule has 1 aliphatic heterocycles. The smallest absolute Gasteiger partial charge is 0.356 e. The van der Waals surface area contributed by atoms with Gasteiger partial charge in [-0.25, -0.2) is 14.8 Å². The van der Waals surface area contributed by atoms with Crippen LogP contribution >= 0.6 is 0 Å². The number of nitrogens with one attached hydrogen (secondary N) is 1. The number of anilines is 2. The lowest BCUT2D eigenvalue weighted by Crippen LogP contribution is -2.49. The zero-order valence-electron chi connectivity index (χ0n) is 14.3. The van der Waals surface area contributed by atoms with E-state index in [1.54, 1.807) is 0 Å². The van der Waals surface area contributed by atoms with Crippen LogP contribution in [0.25, 0.3) is 0 Å². The van der Waals surface area contributed by atoms with Gasteiger partial charge in [0.2, 0.25) is 0 Å². The molecular weight excluding hydrogens is 318 g/mol. The van der Waals surface area contributed by atoms with Crippen molar-refractivity contribution in [1.82, 2.24) is 14.9 Å². The molecule has 1 unspecified atom stereocenters. The predicted molar refractivity (Wildman–Crippen MR) is 97.2 cm³/mol. The van der Waals surface area contributed by atoms with Crippen molar-refractivity contribution < 1.29 is 9.90 Å². The van der Waals surface area contributed by atoms with Crippen LogP contribution in [0.15, 0.2) is 42.7 Å². The second-order valence-electron chi connectivity index (χ2n) is 6.26. The van der Waals surface area contributed by atoms with E-state index in [2.05, 4.69) is 56.3 Å². The third-order valence-electron chi connectivity index (χ3n) is 4.29. The van der Waals surface area contributed by atoms with Crippen LogP contribution < -0.4 is 10.2 Å². The molecule has 7 heteroatoms. The summed E-state index contributed by atoms with van der Waals surface area (Å²) in [5, 5.41) is 12.1. The summed E-state index contributed by atoms with van der Waals surface area (Å²) in [5.41, 5.74) is 1.23. The van der Waals surface area contributed by atoms with Gasteiger partial charge in [-0.2, -0.15) is 0 Å². The number of benzene rings is 1. The van der Waals surface area contributed by atoms with Crippen LogP contribution in [0.3, 0.4) is 0 Å². The summed E-state index contributed by atoms with van der Waals surface area (Å²) >= 11 is 0. The van der Waals surface area contributed by atoms with E-state index in [1.165, 1.54) is 18.1 Å². The number of hydrogen-bond donors (Lipinski definition) is 2. The Morgan fingerprint density at radius 1 is 1.16 bits per heavy atom. The molecule has 1 aromatic carbocycles. The van der Waals surface area contributed by atoms with Gasteiger partial charge in [-0.15, -0.1) is 0 Å². The highest BCUT2D eigenvalue weighted by Crippen LogP contribution is 2.15. The SMILES string of the molecule is CC(CN1CCN(c2ccccc2)CC1)Nc1cnc(C(=O)O)cn1. The zero-order valence-corrected chi connectivity index (χ0v) is 14.3. The molecule has 2 N–H and O–H groups in total. The van der Waals surface area contributed by atoms with Crippen molar-refractivity contribution in [2.45, 2.75) is 13.0 Å². The number of carbonyl (C=O) groups is 1. The number of carboxylic acids is 1. The molecule has 0 bridgehead atoms. The van der Waals surface area contributed by atoms with Crippen LogP contribution in [0, 0.1) is 0 Å². The normalized spacial score (nSPS) is 16.4. The highest BCUT2D eigenvalue weighted by molar-refractivity contribution is 5.84. The van der Waals surface area contributed by atoms with Gasteiger partial charge in [-0.3, -0.25) is 4.90 Å². The summed E-state index contributed by atoms with van der Waals surface area (Å²) in [6.07, 6.45) is 2.74. The highest BCUT2D eigenvalue weighted by atomic mass is 16.4. The summed E-state index contributed by atoms with van der Waals surface area (Å²) in [4.78, 5) is 23.6. The zero-order chi connectivity index (χ0) is 17.6. The minimum Gasteiger partial charge on any atom is -0.476 e. The van der Waals surface area contributed by atoms with Gasteiger partial charge in [-0.1, -0.05) is 18.2 Å². The average molecular weight is 341 g/mol. The molecule has 132 valence electrons. The van der Waals surface area contributed by atoms with E-state index in [0.29, 0.717) is 5.82 Å². The van der Waals surface area contributed by atoms with E-state index in [9.17, 15) is 4.79 Å². The Labute approximate surface area is 147 Å². The number of para-hydroxylation sites is 1. The Bertz CT molecular complexity index is 684. The molecule has 1 atom stereocenters. The first-order valence-electron chi connectivity index (χ1n) is 8.46. The van der Waals surface area contributed by atoms with E-state index in [1.807, 2.05) is 6.07 Å². The van der Waals surface area contributed by atoms with E-state index >= 15 is 0 Å². The van der Waals surface area contributed by atoms with Crippen LogP contribution in [0.1, 0.15) is 17.4 Å². The van der Waals surface area contributed by atoms with Crippen molar-refractivity contribution in [2.75, 3.05) is 42.9 Å². The van der Waals surface area contributed by atoms with Crippen molar-refractivity contribution in [3.63, 3.8) is 0 Å². The number of aromatic carboxylic acids is 1. The lowest BCUT2D eigenvalue weighted by Gasteiger charge is -2.37. The van der Waals surface area contributed by atoms with Gasteiger partial charge in [0, 0.05) is 44.5 Å². The minimum absolute atomic E-state index is 0.0461. The molecule has 1 aliphatic rings. The van der Waals surface area contributed by atoms with Gasteiger partial charge in [0.25, 0.3) is 0 Å². The summed E-state index contributed by atoms with van der Waals surface area (Å²) in [6, 6.07) is 10.7. The number of rotatable bonds is 6. The van der Waals surface area contributed by atoms with Crippen molar-refractivity contribution >= 4 is 17.5 Å². The quantitative estimate of drug-likeness (QED) is 0.829. The molecule has 1 aromatic heterocycles. The second-order valence-corrected chi connectivity index (χ2v) is 6.26. The van der Waals surface area contributed by atoms with Gasteiger partial charge >= 0.3 is 5.97 Å². The fourth-order valence-electron chi connectivity index (χ4n) is 3.03. The second kappa shape index (κ2) is 7.94. The van der Waals surface area contributed by atoms with Crippen molar-refractivity contribution in [1.29, 1.82) is 0 Å². The van der Waals surface area contributed by atoms with Crippen molar-refractivity contribution in [2.24, 2.45) is 0 Å². The molecular formula is C18H23N5O2. The first kappa shape index (κ1) is 17.2. The molecule has 1 saturated heterocycles. The third kappa shape index (κ3) is 4.67. The maximum absolute atomic E-state index is 10.8. The Hall–Kier alpha value is -2.67. The summed E-state index contributed by atoms with van der Waals surface area (Å²) in [6.45, 7) is 7.07. The molecule has 0 radical (unpaired) electrons. The van der Waals surface area contributed by atoms with E-state index in [4.69, 9.17) is 5.11 Å². The lowest BCUT2D eigenvalue weighted by molar-refractivity contribution is 0.0690. The number of carboxylic acid groups (broad SMARTS) is 1. The van der Waals surface area contributed by atoms with Crippen LogP contribution in [-0.2, 0) is 0 Å². The fourth-order valence-corrected chi connectivity index (χ4v) is 3.03. The number of hydrogen-bond acceptors (Lipinski definition) is 6. The van der Waals surface area contributed by atoms with Gasteiger partial charge in [0.15, 0.2) is 5.69 Å². The molecule has 25 heavy (non-hydrogen) atoms. The maximum atomic E-state index is 10.8. The van der Waals surface area contributed by atoms with Crippen molar-refractivity contribution in [3.05, 3.63) is 48.4 Å². The average Bonchev–Trinajstić information content (AvgIpc) is 2.63. The molecule has 2 heterocycles. The van der Waals surface area contributed by atoms with Crippen molar-refractivity contribution in [3.8, 4) is 0 Å². The largest absolute Gasteiger partial charge is 0.476 e. The Morgan fingerprint density at radius 3 is 2.48 bits per heavy atom. The topological polar surface area (TPSA) is 81.6 Å². The molecule has 7 nitrogen and oxygen atoms in total. The molecule has 0 spiro atoms. The first-order chi connectivity index (χ1) is 12.1. The van der Waals surface area contributed by atoms with Crippen LogP contribution in [0.4, 0.5) is 11.5 Å². The Morgan fingerprint density at radius 2 is 1.88 bits per heavy atom.